The Hall–Kier alpha value is -1.03. The zero-order chi connectivity index (χ0) is 12.3. The largest absolute Gasteiger partial charge is 0.379 e. The van der Waals surface area contributed by atoms with Crippen molar-refractivity contribution in [1.29, 1.82) is 0 Å². The molecule has 0 radical (unpaired) electrons. The highest BCUT2D eigenvalue weighted by atomic mass is 16.5. The lowest BCUT2D eigenvalue weighted by molar-refractivity contribution is 0.146. The Morgan fingerprint density at radius 1 is 1.24 bits per heavy atom. The van der Waals surface area contributed by atoms with Crippen LogP contribution in [0.4, 0.5) is 0 Å². The zero-order valence-electron chi connectivity index (χ0n) is 10.7. The van der Waals surface area contributed by atoms with Crippen molar-refractivity contribution in [3.05, 3.63) is 12.7 Å². The highest BCUT2D eigenvalue weighted by Gasteiger charge is 2.10. The molecule has 2 N–H and O–H groups in total. The van der Waals surface area contributed by atoms with Crippen molar-refractivity contribution in [2.45, 2.75) is 32.1 Å². The molecule has 17 heavy (non-hydrogen) atoms. The third-order valence-corrected chi connectivity index (χ3v) is 2.91. The Morgan fingerprint density at radius 3 is 2.59 bits per heavy atom. The number of hydrogen-bond acceptors (Lipinski definition) is 2. The van der Waals surface area contributed by atoms with Crippen LogP contribution in [0.15, 0.2) is 17.6 Å². The maximum Gasteiger partial charge on any atom is 0.191 e. The van der Waals surface area contributed by atoms with Gasteiger partial charge in [0.1, 0.15) is 0 Å². The van der Waals surface area contributed by atoms with Gasteiger partial charge in [-0.05, 0) is 19.3 Å². The Balaban J connectivity index is 2.15. The molecule has 1 aliphatic rings. The lowest BCUT2D eigenvalue weighted by Gasteiger charge is -2.21. The molecular weight excluding hydrogens is 214 g/mol. The zero-order valence-corrected chi connectivity index (χ0v) is 10.7. The van der Waals surface area contributed by atoms with Gasteiger partial charge >= 0.3 is 0 Å². The molecule has 1 heterocycles. The number of likely N-dealkylation sites (tertiary alicyclic amines) is 1. The summed E-state index contributed by atoms with van der Waals surface area (Å²) in [5.74, 6) is 0.680. The minimum Gasteiger partial charge on any atom is -0.379 e. The third kappa shape index (κ3) is 6.31. The van der Waals surface area contributed by atoms with Crippen LogP contribution in [0.1, 0.15) is 32.1 Å². The van der Waals surface area contributed by atoms with Crippen molar-refractivity contribution in [3.63, 3.8) is 0 Å². The maximum atomic E-state index is 5.96. The van der Waals surface area contributed by atoms with E-state index < -0.39 is 0 Å². The molecule has 4 heteroatoms. The molecule has 1 aliphatic heterocycles. The molecular formula is C13H25N3O. The molecule has 0 aromatic carbocycles. The van der Waals surface area contributed by atoms with Crippen LogP contribution in [-0.2, 0) is 4.74 Å². The first-order chi connectivity index (χ1) is 8.34. The lowest BCUT2D eigenvalue weighted by atomic mass is 10.2. The monoisotopic (exact) mass is 239 g/mol. The first-order valence-corrected chi connectivity index (χ1v) is 6.58. The van der Waals surface area contributed by atoms with Crippen LogP contribution in [0.5, 0.6) is 0 Å². The second kappa shape index (κ2) is 9.05. The van der Waals surface area contributed by atoms with E-state index in [4.69, 9.17) is 10.5 Å². The van der Waals surface area contributed by atoms with Crippen LogP contribution in [0.2, 0.25) is 0 Å². The van der Waals surface area contributed by atoms with Gasteiger partial charge in [0.15, 0.2) is 5.96 Å². The van der Waals surface area contributed by atoms with E-state index >= 15 is 0 Å². The summed E-state index contributed by atoms with van der Waals surface area (Å²) in [6.45, 7) is 7.76. The van der Waals surface area contributed by atoms with Crippen molar-refractivity contribution in [2.75, 3.05) is 32.8 Å². The van der Waals surface area contributed by atoms with Gasteiger partial charge in [0.2, 0.25) is 0 Å². The second-order valence-corrected chi connectivity index (χ2v) is 4.33. The molecule has 0 atom stereocenters. The predicted octanol–water partition coefficient (Wildman–Crippen LogP) is 1.77. The van der Waals surface area contributed by atoms with E-state index in [1.165, 1.54) is 25.7 Å². The minimum absolute atomic E-state index is 0.641. The van der Waals surface area contributed by atoms with Crippen molar-refractivity contribution >= 4 is 5.96 Å². The maximum absolute atomic E-state index is 5.96. The molecule has 1 saturated heterocycles. The van der Waals surface area contributed by atoms with Gasteiger partial charge in [-0.15, -0.1) is 6.58 Å². The summed E-state index contributed by atoms with van der Waals surface area (Å²) in [5, 5.41) is 0. The number of nitrogens with zero attached hydrogens (tertiary/aromatic N) is 2. The van der Waals surface area contributed by atoms with Crippen LogP contribution in [-0.4, -0.2) is 43.7 Å². The molecule has 98 valence electrons. The van der Waals surface area contributed by atoms with Crippen LogP contribution in [0, 0.1) is 0 Å². The normalized spacial score (nSPS) is 17.9. The molecule has 0 bridgehead atoms. The van der Waals surface area contributed by atoms with Crippen molar-refractivity contribution < 1.29 is 4.74 Å². The number of aliphatic imine (C=N–C) groups is 1. The molecule has 0 aromatic rings. The van der Waals surface area contributed by atoms with Gasteiger partial charge in [-0.2, -0.15) is 0 Å². The van der Waals surface area contributed by atoms with E-state index in [-0.39, 0.29) is 0 Å². The number of ether oxygens (including phenoxy) is 1. The average Bonchev–Trinajstić information content (AvgIpc) is 2.62. The summed E-state index contributed by atoms with van der Waals surface area (Å²) in [4.78, 5) is 6.55. The molecule has 0 aromatic heterocycles. The van der Waals surface area contributed by atoms with Crippen molar-refractivity contribution in [3.8, 4) is 0 Å². The Labute approximate surface area is 105 Å². The van der Waals surface area contributed by atoms with Crippen LogP contribution < -0.4 is 5.73 Å². The van der Waals surface area contributed by atoms with Gasteiger partial charge < -0.3 is 15.4 Å². The SMILES string of the molecule is C=CCCOCCN=C(N)N1CCCCCC1. The molecule has 0 unspecified atom stereocenters. The van der Waals surface area contributed by atoms with Crippen LogP contribution in [0.25, 0.3) is 0 Å². The molecule has 0 amide bonds. The van der Waals surface area contributed by atoms with Crippen molar-refractivity contribution in [2.24, 2.45) is 10.7 Å². The van der Waals surface area contributed by atoms with E-state index in [9.17, 15) is 0 Å². The Bertz CT molecular complexity index is 233. The highest BCUT2D eigenvalue weighted by Crippen LogP contribution is 2.08. The Kier molecular flexibility index (Phi) is 7.47. The van der Waals surface area contributed by atoms with Gasteiger partial charge in [0.25, 0.3) is 0 Å². The summed E-state index contributed by atoms with van der Waals surface area (Å²) in [6.07, 6.45) is 7.83. The fourth-order valence-corrected chi connectivity index (χ4v) is 1.89. The standard InChI is InChI=1S/C13H25N3O/c1-2-3-11-17-12-8-15-13(14)16-9-6-4-5-7-10-16/h2H,1,3-12H2,(H2,14,15). The van der Waals surface area contributed by atoms with E-state index in [0.717, 1.165) is 26.1 Å². The second-order valence-electron chi connectivity index (χ2n) is 4.33. The van der Waals surface area contributed by atoms with Gasteiger partial charge in [0.05, 0.1) is 19.8 Å². The smallest absolute Gasteiger partial charge is 0.191 e. The third-order valence-electron chi connectivity index (χ3n) is 2.91. The molecule has 4 nitrogen and oxygen atoms in total. The fourth-order valence-electron chi connectivity index (χ4n) is 1.89. The summed E-state index contributed by atoms with van der Waals surface area (Å²) < 4.78 is 5.38. The molecule has 0 aliphatic carbocycles. The van der Waals surface area contributed by atoms with Gasteiger partial charge in [-0.25, -0.2) is 0 Å². The van der Waals surface area contributed by atoms with Gasteiger partial charge in [-0.3, -0.25) is 4.99 Å². The molecule has 0 saturated carbocycles. The number of rotatable bonds is 6. The average molecular weight is 239 g/mol. The van der Waals surface area contributed by atoms with Crippen LogP contribution >= 0.6 is 0 Å². The number of nitrogens with two attached hydrogens (primary N) is 1. The lowest BCUT2D eigenvalue weighted by Crippen LogP contribution is -2.38. The molecule has 1 fully saturated rings. The predicted molar refractivity (Wildman–Crippen MR) is 72.2 cm³/mol. The summed E-state index contributed by atoms with van der Waals surface area (Å²) >= 11 is 0. The first kappa shape index (κ1) is 14.0. The quantitative estimate of drug-likeness (QED) is 0.333. The number of guanidine groups is 1. The number of hydrogen-bond donors (Lipinski definition) is 1. The topological polar surface area (TPSA) is 50.9 Å². The minimum atomic E-state index is 0.641. The summed E-state index contributed by atoms with van der Waals surface area (Å²) in [6, 6.07) is 0. The molecule has 1 rings (SSSR count). The van der Waals surface area contributed by atoms with E-state index in [1.807, 2.05) is 6.08 Å². The van der Waals surface area contributed by atoms with Crippen LogP contribution in [0.3, 0.4) is 0 Å². The highest BCUT2D eigenvalue weighted by molar-refractivity contribution is 5.78. The molecule has 0 spiro atoms. The first-order valence-electron chi connectivity index (χ1n) is 6.58. The summed E-state index contributed by atoms with van der Waals surface area (Å²) in [5.41, 5.74) is 5.96. The van der Waals surface area contributed by atoms with Gasteiger partial charge in [0, 0.05) is 13.1 Å². The fraction of sp³-hybridized carbons (Fsp3) is 0.769. The van der Waals surface area contributed by atoms with E-state index in [2.05, 4.69) is 16.5 Å². The van der Waals surface area contributed by atoms with E-state index in [1.54, 1.807) is 0 Å². The van der Waals surface area contributed by atoms with E-state index in [0.29, 0.717) is 19.1 Å². The summed E-state index contributed by atoms with van der Waals surface area (Å²) in [7, 11) is 0. The van der Waals surface area contributed by atoms with Gasteiger partial charge in [-0.1, -0.05) is 18.9 Å². The van der Waals surface area contributed by atoms with Crippen molar-refractivity contribution in [1.82, 2.24) is 4.90 Å². The Morgan fingerprint density at radius 2 is 1.94 bits per heavy atom.